The first-order valence-electron chi connectivity index (χ1n) is 7.99. The minimum absolute atomic E-state index is 0.307. The minimum Gasteiger partial charge on any atom is -0.363 e. The molecule has 0 amide bonds. The lowest BCUT2D eigenvalue weighted by Crippen LogP contribution is -2.33. The van der Waals surface area contributed by atoms with Crippen molar-refractivity contribution in [3.8, 4) is 0 Å². The van der Waals surface area contributed by atoms with Crippen molar-refractivity contribution in [1.29, 1.82) is 0 Å². The summed E-state index contributed by atoms with van der Waals surface area (Å²) in [6.07, 6.45) is 3.81. The molecule has 1 unspecified atom stereocenters. The molecule has 120 valence electrons. The Bertz CT molecular complexity index is 703. The first-order valence-corrected chi connectivity index (χ1v) is 9.52. The first-order chi connectivity index (χ1) is 11.3. The molecule has 23 heavy (non-hydrogen) atoms. The summed E-state index contributed by atoms with van der Waals surface area (Å²) >= 11 is 8.10. The Morgan fingerprint density at radius 2 is 2.04 bits per heavy atom. The number of rotatable bonds is 3. The Balaban J connectivity index is 1.52. The van der Waals surface area contributed by atoms with E-state index in [1.165, 1.54) is 22.6 Å². The number of aryl methyl sites for hydroxylation is 1. The van der Waals surface area contributed by atoms with E-state index >= 15 is 0 Å². The highest BCUT2D eigenvalue weighted by Crippen LogP contribution is 2.35. The number of halogens is 1. The second kappa shape index (κ2) is 6.57. The van der Waals surface area contributed by atoms with Crippen LogP contribution in [-0.4, -0.2) is 34.6 Å². The van der Waals surface area contributed by atoms with Gasteiger partial charge >= 0.3 is 0 Å². The minimum atomic E-state index is 0.307. The van der Waals surface area contributed by atoms with Crippen molar-refractivity contribution in [3.05, 3.63) is 46.7 Å². The van der Waals surface area contributed by atoms with Crippen LogP contribution in [0.25, 0.3) is 0 Å². The lowest BCUT2D eigenvalue weighted by Gasteiger charge is -2.27. The molecule has 1 aromatic carbocycles. The molecule has 1 fully saturated rings. The number of benzene rings is 1. The van der Waals surface area contributed by atoms with Crippen molar-refractivity contribution in [2.24, 2.45) is 0 Å². The van der Waals surface area contributed by atoms with Crippen LogP contribution >= 0.6 is 23.4 Å². The zero-order chi connectivity index (χ0) is 15.6. The largest absolute Gasteiger partial charge is 0.363 e. The summed E-state index contributed by atoms with van der Waals surface area (Å²) in [7, 11) is 0. The Kier molecular flexibility index (Phi) is 4.31. The molecule has 4 nitrogen and oxygen atoms in total. The third kappa shape index (κ3) is 3.26. The molecule has 2 aliphatic rings. The van der Waals surface area contributed by atoms with E-state index in [4.69, 9.17) is 11.6 Å². The van der Waals surface area contributed by atoms with Crippen molar-refractivity contribution in [2.45, 2.75) is 18.9 Å². The van der Waals surface area contributed by atoms with Crippen molar-refractivity contribution in [3.63, 3.8) is 0 Å². The van der Waals surface area contributed by atoms with Crippen LogP contribution in [0.4, 0.5) is 11.6 Å². The zero-order valence-electron chi connectivity index (χ0n) is 12.8. The van der Waals surface area contributed by atoms with E-state index in [1.807, 2.05) is 17.8 Å². The summed E-state index contributed by atoms with van der Waals surface area (Å²) in [5, 5.41) is 4.39. The van der Waals surface area contributed by atoms with Gasteiger partial charge in [0.25, 0.3) is 0 Å². The van der Waals surface area contributed by atoms with Gasteiger partial charge in [-0.05, 0) is 36.1 Å². The molecule has 1 aromatic heterocycles. The summed E-state index contributed by atoms with van der Waals surface area (Å²) in [6.45, 7) is 2.12. The Labute approximate surface area is 145 Å². The van der Waals surface area contributed by atoms with Crippen LogP contribution in [-0.2, 0) is 6.42 Å². The van der Waals surface area contributed by atoms with Gasteiger partial charge in [0.2, 0.25) is 0 Å². The van der Waals surface area contributed by atoms with E-state index in [0.29, 0.717) is 6.04 Å². The molecule has 0 spiro atoms. The van der Waals surface area contributed by atoms with Crippen molar-refractivity contribution in [1.82, 2.24) is 9.97 Å². The van der Waals surface area contributed by atoms with Crippen LogP contribution in [0.5, 0.6) is 0 Å². The normalized spacial score (nSPS) is 20.4. The van der Waals surface area contributed by atoms with Gasteiger partial charge in [0.1, 0.15) is 18.0 Å². The number of fused-ring (bicyclic) bond motifs is 1. The average molecular weight is 347 g/mol. The average Bonchev–Trinajstić information content (AvgIpc) is 2.98. The molecule has 0 saturated carbocycles. The highest BCUT2D eigenvalue weighted by atomic mass is 35.5. The molecule has 1 atom stereocenters. The number of hydrogen-bond acceptors (Lipinski definition) is 5. The number of hydrogen-bond donors (Lipinski definition) is 1. The van der Waals surface area contributed by atoms with E-state index in [0.717, 1.165) is 42.6 Å². The third-order valence-corrected chi connectivity index (χ3v) is 5.67. The summed E-state index contributed by atoms with van der Waals surface area (Å²) in [5.74, 6) is 4.27. The topological polar surface area (TPSA) is 41.0 Å². The van der Waals surface area contributed by atoms with Crippen LogP contribution in [0.1, 0.15) is 23.6 Å². The van der Waals surface area contributed by atoms with Gasteiger partial charge in [0.15, 0.2) is 0 Å². The van der Waals surface area contributed by atoms with Gasteiger partial charge in [0, 0.05) is 35.7 Å². The molecule has 4 rings (SSSR count). The maximum atomic E-state index is 6.09. The van der Waals surface area contributed by atoms with Gasteiger partial charge < -0.3 is 10.2 Å². The van der Waals surface area contributed by atoms with Gasteiger partial charge in [0.05, 0.1) is 6.04 Å². The lowest BCUT2D eigenvalue weighted by molar-refractivity contribution is 0.755. The lowest BCUT2D eigenvalue weighted by atomic mass is 10.1. The molecule has 1 saturated heterocycles. The maximum absolute atomic E-state index is 6.09. The Hall–Kier alpha value is -1.46. The predicted molar refractivity (Wildman–Crippen MR) is 97.7 cm³/mol. The second-order valence-electron chi connectivity index (χ2n) is 5.94. The number of nitrogens with one attached hydrogen (secondary N) is 1. The number of aromatic nitrogens is 2. The molecule has 2 aromatic rings. The van der Waals surface area contributed by atoms with Gasteiger partial charge in [-0.15, -0.1) is 0 Å². The highest BCUT2D eigenvalue weighted by molar-refractivity contribution is 7.99. The van der Waals surface area contributed by atoms with Gasteiger partial charge in [-0.2, -0.15) is 11.8 Å². The SMILES string of the molecule is Clc1ccc2c(c1)CCC2Nc1cc(N2CCSCC2)ncn1. The van der Waals surface area contributed by atoms with Crippen LogP contribution in [0.15, 0.2) is 30.6 Å². The van der Waals surface area contributed by atoms with Crippen LogP contribution in [0, 0.1) is 0 Å². The quantitative estimate of drug-likeness (QED) is 0.915. The van der Waals surface area contributed by atoms with Gasteiger partial charge in [-0.1, -0.05) is 17.7 Å². The summed E-state index contributed by atoms with van der Waals surface area (Å²) < 4.78 is 0. The third-order valence-electron chi connectivity index (χ3n) is 4.49. The van der Waals surface area contributed by atoms with Crippen molar-refractivity contribution >= 4 is 35.0 Å². The maximum Gasteiger partial charge on any atom is 0.134 e. The van der Waals surface area contributed by atoms with Gasteiger partial charge in [-0.25, -0.2) is 9.97 Å². The van der Waals surface area contributed by atoms with E-state index in [9.17, 15) is 0 Å². The zero-order valence-corrected chi connectivity index (χ0v) is 14.4. The molecule has 1 aliphatic carbocycles. The van der Waals surface area contributed by atoms with Gasteiger partial charge in [-0.3, -0.25) is 0 Å². The van der Waals surface area contributed by atoms with Crippen molar-refractivity contribution in [2.75, 3.05) is 34.8 Å². The van der Waals surface area contributed by atoms with Crippen LogP contribution < -0.4 is 10.2 Å². The summed E-state index contributed by atoms with van der Waals surface area (Å²) in [5.41, 5.74) is 2.68. The highest BCUT2D eigenvalue weighted by Gasteiger charge is 2.23. The predicted octanol–water partition coefficient (Wildman–Crippen LogP) is 3.78. The number of anilines is 2. The Morgan fingerprint density at radius 1 is 1.17 bits per heavy atom. The molecule has 0 bridgehead atoms. The fraction of sp³-hybridized carbons (Fsp3) is 0.412. The Morgan fingerprint density at radius 3 is 2.91 bits per heavy atom. The molecular weight excluding hydrogens is 328 g/mol. The second-order valence-corrected chi connectivity index (χ2v) is 7.60. The molecule has 0 radical (unpaired) electrons. The van der Waals surface area contributed by atoms with Crippen LogP contribution in [0.3, 0.4) is 0 Å². The number of nitrogens with zero attached hydrogens (tertiary/aromatic N) is 3. The summed E-state index contributed by atoms with van der Waals surface area (Å²) in [4.78, 5) is 11.2. The molecule has 1 N–H and O–H groups in total. The smallest absolute Gasteiger partial charge is 0.134 e. The fourth-order valence-corrected chi connectivity index (χ4v) is 4.40. The molecule has 1 aliphatic heterocycles. The monoisotopic (exact) mass is 346 g/mol. The molecular formula is C17H19ClN4S. The standard InChI is InChI=1S/C17H19ClN4S/c18-13-2-3-14-12(9-13)1-4-15(14)21-16-10-17(20-11-19-16)22-5-7-23-8-6-22/h2-3,9-11,15H,1,4-8H2,(H,19,20,21). The van der Waals surface area contributed by atoms with E-state index in [1.54, 1.807) is 6.33 Å². The van der Waals surface area contributed by atoms with Crippen LogP contribution in [0.2, 0.25) is 5.02 Å². The molecule has 6 heteroatoms. The molecule has 2 heterocycles. The van der Waals surface area contributed by atoms with Crippen molar-refractivity contribution < 1.29 is 0 Å². The first kappa shape index (κ1) is 15.1. The summed E-state index contributed by atoms with van der Waals surface area (Å²) in [6, 6.07) is 8.56. The van der Waals surface area contributed by atoms with E-state index in [-0.39, 0.29) is 0 Å². The fourth-order valence-electron chi connectivity index (χ4n) is 3.31. The van der Waals surface area contributed by atoms with E-state index < -0.39 is 0 Å². The van der Waals surface area contributed by atoms with E-state index in [2.05, 4.69) is 38.4 Å². The number of thioether (sulfide) groups is 1.